The molecule has 0 spiro atoms. The van der Waals surface area contributed by atoms with Crippen molar-refractivity contribution in [2.75, 3.05) is 19.6 Å². The fraction of sp³-hybridized carbons (Fsp3) is 0.409. The third-order valence-corrected chi connectivity index (χ3v) is 6.64. The van der Waals surface area contributed by atoms with E-state index in [-0.39, 0.29) is 29.4 Å². The number of benzene rings is 2. The normalized spacial score (nSPS) is 31.7. The van der Waals surface area contributed by atoms with Gasteiger partial charge in [-0.05, 0) is 73.8 Å². The molecule has 4 saturated heterocycles. The van der Waals surface area contributed by atoms with E-state index in [9.17, 15) is 14.3 Å². The number of phenols is 1. The van der Waals surface area contributed by atoms with Gasteiger partial charge >= 0.3 is 0 Å². The molecule has 0 aromatic heterocycles. The summed E-state index contributed by atoms with van der Waals surface area (Å²) in [5.74, 6) is 0.636. The summed E-state index contributed by atoms with van der Waals surface area (Å²) in [6, 6.07) is 13.8. The summed E-state index contributed by atoms with van der Waals surface area (Å²) in [6.45, 7) is 2.81. The van der Waals surface area contributed by atoms with Crippen LogP contribution in [0.25, 0.3) is 0 Å². The molecule has 4 aliphatic heterocycles. The molecular formula is C22H23FN2O2. The standard InChI is InChI=1S/C22H23FN2O2/c23-17-6-4-15(5-7-17)22(27)25-13-19(16-2-1-3-18(26)12-16)21-20(25)14-8-10-24(21)11-9-14/h1-7,12,14,19-21,26H,8-11,13H2/t19-,20+,21+/m0/s1. The van der Waals surface area contributed by atoms with Crippen LogP contribution in [0.5, 0.6) is 5.75 Å². The molecule has 3 atom stereocenters. The topological polar surface area (TPSA) is 43.8 Å². The Labute approximate surface area is 158 Å². The van der Waals surface area contributed by atoms with Crippen molar-refractivity contribution in [1.82, 2.24) is 9.80 Å². The molecule has 0 aliphatic carbocycles. The van der Waals surface area contributed by atoms with E-state index in [1.54, 1.807) is 18.2 Å². The van der Waals surface area contributed by atoms with Gasteiger partial charge < -0.3 is 10.0 Å². The number of halogens is 1. The molecule has 6 rings (SSSR count). The maximum Gasteiger partial charge on any atom is 0.254 e. The Hall–Kier alpha value is -2.40. The first-order valence-electron chi connectivity index (χ1n) is 9.71. The Kier molecular flexibility index (Phi) is 3.93. The fourth-order valence-electron chi connectivity index (χ4n) is 5.46. The zero-order valence-corrected chi connectivity index (χ0v) is 15.1. The van der Waals surface area contributed by atoms with Crippen LogP contribution in [0, 0.1) is 11.7 Å². The molecule has 1 N–H and O–H groups in total. The quantitative estimate of drug-likeness (QED) is 0.887. The number of fused-ring (bicyclic) bond motifs is 2. The molecular weight excluding hydrogens is 343 g/mol. The van der Waals surface area contributed by atoms with Gasteiger partial charge in [0.2, 0.25) is 0 Å². The van der Waals surface area contributed by atoms with Gasteiger partial charge in [-0.25, -0.2) is 4.39 Å². The summed E-state index contributed by atoms with van der Waals surface area (Å²) >= 11 is 0. The van der Waals surface area contributed by atoms with Crippen LogP contribution in [0.15, 0.2) is 48.5 Å². The van der Waals surface area contributed by atoms with Gasteiger partial charge in [0.25, 0.3) is 5.91 Å². The molecule has 2 aromatic carbocycles. The molecule has 0 saturated carbocycles. The Morgan fingerprint density at radius 3 is 2.48 bits per heavy atom. The Balaban J connectivity index is 1.52. The predicted molar refractivity (Wildman–Crippen MR) is 100 cm³/mol. The lowest BCUT2D eigenvalue weighted by atomic mass is 9.75. The lowest BCUT2D eigenvalue weighted by Gasteiger charge is -2.51. The molecule has 2 bridgehead atoms. The first-order chi connectivity index (χ1) is 13.1. The van der Waals surface area contributed by atoms with Gasteiger partial charge in [-0.15, -0.1) is 0 Å². The molecule has 5 heteroatoms. The van der Waals surface area contributed by atoms with E-state index in [1.807, 2.05) is 17.0 Å². The molecule has 4 heterocycles. The summed E-state index contributed by atoms with van der Waals surface area (Å²) < 4.78 is 13.3. The Morgan fingerprint density at radius 1 is 1.04 bits per heavy atom. The molecule has 27 heavy (non-hydrogen) atoms. The number of carbonyl (C=O) groups is 1. The Bertz CT molecular complexity index is 861. The molecule has 1 amide bonds. The van der Waals surface area contributed by atoms with E-state index in [0.717, 1.165) is 31.5 Å². The van der Waals surface area contributed by atoms with Gasteiger partial charge in [0.05, 0.1) is 6.04 Å². The van der Waals surface area contributed by atoms with E-state index in [1.165, 1.54) is 12.1 Å². The smallest absolute Gasteiger partial charge is 0.254 e. The molecule has 4 fully saturated rings. The lowest BCUT2D eigenvalue weighted by Crippen LogP contribution is -2.60. The number of piperidine rings is 3. The lowest BCUT2D eigenvalue weighted by molar-refractivity contribution is -0.00341. The maximum absolute atomic E-state index is 13.3. The van der Waals surface area contributed by atoms with Crippen LogP contribution in [0.1, 0.15) is 34.7 Å². The summed E-state index contributed by atoms with van der Waals surface area (Å²) in [5.41, 5.74) is 1.63. The van der Waals surface area contributed by atoms with Crippen molar-refractivity contribution >= 4 is 5.91 Å². The van der Waals surface area contributed by atoms with Gasteiger partial charge in [-0.3, -0.25) is 9.69 Å². The third kappa shape index (κ3) is 2.72. The van der Waals surface area contributed by atoms with Crippen LogP contribution in [-0.2, 0) is 0 Å². The Morgan fingerprint density at radius 2 is 1.78 bits per heavy atom. The van der Waals surface area contributed by atoms with Crippen molar-refractivity contribution < 1.29 is 14.3 Å². The van der Waals surface area contributed by atoms with E-state index in [4.69, 9.17) is 0 Å². The second-order valence-corrected chi connectivity index (χ2v) is 8.02. The van der Waals surface area contributed by atoms with E-state index in [0.29, 0.717) is 24.1 Å². The predicted octanol–water partition coefficient (Wildman–Crippen LogP) is 3.23. The largest absolute Gasteiger partial charge is 0.508 e. The van der Waals surface area contributed by atoms with Crippen molar-refractivity contribution in [2.45, 2.75) is 30.8 Å². The van der Waals surface area contributed by atoms with Gasteiger partial charge in [-0.1, -0.05) is 12.1 Å². The second-order valence-electron chi connectivity index (χ2n) is 8.02. The number of hydrogen-bond donors (Lipinski definition) is 1. The zero-order valence-electron chi connectivity index (χ0n) is 15.1. The zero-order chi connectivity index (χ0) is 18.5. The number of nitrogens with zero attached hydrogens (tertiary/aromatic N) is 2. The fourth-order valence-corrected chi connectivity index (χ4v) is 5.46. The van der Waals surface area contributed by atoms with Gasteiger partial charge in [-0.2, -0.15) is 0 Å². The van der Waals surface area contributed by atoms with E-state index >= 15 is 0 Å². The first-order valence-corrected chi connectivity index (χ1v) is 9.71. The highest BCUT2D eigenvalue weighted by atomic mass is 19.1. The number of carbonyl (C=O) groups excluding carboxylic acids is 1. The SMILES string of the molecule is O=C(c1ccc(F)cc1)N1C[C@@H](c2cccc(O)c2)[C@@H]2[C@H]1C1CCN2CC1. The summed E-state index contributed by atoms with van der Waals surface area (Å²) in [5, 5.41) is 9.95. The minimum Gasteiger partial charge on any atom is -0.508 e. The number of rotatable bonds is 2. The van der Waals surface area contributed by atoms with Gasteiger partial charge in [0.15, 0.2) is 0 Å². The average molecular weight is 366 g/mol. The van der Waals surface area contributed by atoms with Gasteiger partial charge in [0, 0.05) is 24.1 Å². The van der Waals surface area contributed by atoms with Crippen molar-refractivity contribution in [2.24, 2.45) is 5.92 Å². The van der Waals surface area contributed by atoms with Crippen molar-refractivity contribution in [3.05, 3.63) is 65.5 Å². The molecule has 0 unspecified atom stereocenters. The van der Waals surface area contributed by atoms with E-state index in [2.05, 4.69) is 11.0 Å². The van der Waals surface area contributed by atoms with Crippen LogP contribution in [0.4, 0.5) is 4.39 Å². The highest BCUT2D eigenvalue weighted by Gasteiger charge is 2.54. The first kappa shape index (κ1) is 16.8. The highest BCUT2D eigenvalue weighted by Crippen LogP contribution is 2.47. The molecule has 4 aliphatic rings. The van der Waals surface area contributed by atoms with Crippen molar-refractivity contribution in [3.63, 3.8) is 0 Å². The molecule has 0 radical (unpaired) electrons. The second kappa shape index (κ2) is 6.34. The minimum atomic E-state index is -0.327. The number of phenolic OH excluding ortho intramolecular Hbond substituents is 1. The molecule has 4 nitrogen and oxygen atoms in total. The van der Waals surface area contributed by atoms with Crippen molar-refractivity contribution in [3.8, 4) is 5.75 Å². The van der Waals surface area contributed by atoms with Crippen LogP contribution in [0.2, 0.25) is 0 Å². The van der Waals surface area contributed by atoms with Gasteiger partial charge in [0.1, 0.15) is 11.6 Å². The highest BCUT2D eigenvalue weighted by molar-refractivity contribution is 5.94. The third-order valence-electron chi connectivity index (χ3n) is 6.64. The molecule has 140 valence electrons. The number of hydrogen-bond acceptors (Lipinski definition) is 3. The maximum atomic E-state index is 13.3. The summed E-state index contributed by atoms with van der Waals surface area (Å²) in [6.07, 6.45) is 2.25. The van der Waals surface area contributed by atoms with Crippen LogP contribution < -0.4 is 0 Å². The van der Waals surface area contributed by atoms with E-state index < -0.39 is 0 Å². The number of aromatic hydroxyl groups is 1. The minimum absolute atomic E-state index is 0.0126. The number of likely N-dealkylation sites (tertiary alicyclic amines) is 1. The summed E-state index contributed by atoms with van der Waals surface area (Å²) in [4.78, 5) is 17.8. The van der Waals surface area contributed by atoms with Crippen molar-refractivity contribution in [1.29, 1.82) is 0 Å². The van der Waals surface area contributed by atoms with Crippen LogP contribution >= 0.6 is 0 Å². The number of amides is 1. The van der Waals surface area contributed by atoms with Crippen LogP contribution in [0.3, 0.4) is 0 Å². The molecule has 2 aromatic rings. The van der Waals surface area contributed by atoms with Crippen LogP contribution in [-0.4, -0.2) is 52.5 Å². The average Bonchev–Trinajstić information content (AvgIpc) is 3.12. The monoisotopic (exact) mass is 366 g/mol. The summed E-state index contributed by atoms with van der Waals surface area (Å²) in [7, 11) is 0.